The molecule has 0 fully saturated rings. The van der Waals surface area contributed by atoms with Crippen LogP contribution in [-0.4, -0.2) is 21.7 Å². The van der Waals surface area contributed by atoms with Gasteiger partial charge in [0.25, 0.3) is 0 Å². The molecule has 5 heteroatoms. The first kappa shape index (κ1) is 9.64. The van der Waals surface area contributed by atoms with Gasteiger partial charge in [-0.25, -0.2) is 4.98 Å². The lowest BCUT2D eigenvalue weighted by molar-refractivity contribution is -0.100. The van der Waals surface area contributed by atoms with E-state index in [1.807, 2.05) is 19.9 Å². The Kier molecular flexibility index (Phi) is 2.54. The number of aliphatic hydroxyl groups is 1. The predicted octanol–water partition coefficient (Wildman–Crippen LogP) is 1.96. The minimum atomic E-state index is -0.873. The molecule has 2 heterocycles. The molecule has 2 N–H and O–H groups in total. The summed E-state index contributed by atoms with van der Waals surface area (Å²) < 4.78 is 5.06. The first-order valence-corrected chi connectivity index (χ1v) is 5.28. The molecule has 0 saturated heterocycles. The number of nitrogens with one attached hydrogen (secondary N) is 1. The Balaban J connectivity index is 2.31. The molecule has 0 bridgehead atoms. The van der Waals surface area contributed by atoms with Crippen LogP contribution in [0.25, 0.3) is 10.3 Å². The van der Waals surface area contributed by atoms with Gasteiger partial charge < -0.3 is 14.8 Å². The van der Waals surface area contributed by atoms with Gasteiger partial charge in [-0.2, -0.15) is 0 Å². The maximum absolute atomic E-state index is 9.53. The van der Waals surface area contributed by atoms with Crippen molar-refractivity contribution in [1.29, 1.82) is 0 Å². The van der Waals surface area contributed by atoms with Crippen LogP contribution in [0.15, 0.2) is 6.07 Å². The zero-order valence-corrected chi connectivity index (χ0v) is 8.89. The summed E-state index contributed by atoms with van der Waals surface area (Å²) in [5, 5.41) is 10.5. The highest BCUT2D eigenvalue weighted by Crippen LogP contribution is 2.24. The molecule has 0 aliphatic rings. The van der Waals surface area contributed by atoms with E-state index in [1.165, 1.54) is 0 Å². The van der Waals surface area contributed by atoms with Crippen molar-refractivity contribution in [2.75, 3.05) is 6.61 Å². The summed E-state index contributed by atoms with van der Waals surface area (Å²) >= 11 is 1.58. The van der Waals surface area contributed by atoms with E-state index in [1.54, 1.807) is 11.3 Å². The fourth-order valence-corrected chi connectivity index (χ4v) is 2.14. The molecule has 2 rings (SSSR count). The number of hydrogen-bond donors (Lipinski definition) is 2. The molecule has 0 saturated carbocycles. The fraction of sp³-hybridized carbons (Fsp3) is 0.444. The van der Waals surface area contributed by atoms with Gasteiger partial charge in [-0.1, -0.05) is 0 Å². The molecule has 0 aliphatic carbocycles. The third-order valence-corrected chi connectivity index (χ3v) is 2.80. The summed E-state index contributed by atoms with van der Waals surface area (Å²) in [5.74, 6) is 0. The number of fused-ring (bicyclic) bond motifs is 1. The number of aryl methyl sites for hydroxylation is 1. The second-order valence-electron chi connectivity index (χ2n) is 2.98. The zero-order valence-electron chi connectivity index (χ0n) is 8.07. The highest BCUT2D eigenvalue weighted by Gasteiger charge is 2.12. The summed E-state index contributed by atoms with van der Waals surface area (Å²) in [6.07, 6.45) is -0.873. The first-order valence-electron chi connectivity index (χ1n) is 4.46. The largest absolute Gasteiger partial charge is 0.363 e. The van der Waals surface area contributed by atoms with Crippen LogP contribution in [0, 0.1) is 6.92 Å². The number of aromatic amines is 1. The molecule has 1 unspecified atom stereocenters. The summed E-state index contributed by atoms with van der Waals surface area (Å²) in [6.45, 7) is 4.29. The SMILES string of the molecule is CCOC(O)c1cc2nc(C)sc2[nH]1. The summed E-state index contributed by atoms with van der Waals surface area (Å²) in [7, 11) is 0. The van der Waals surface area contributed by atoms with E-state index in [9.17, 15) is 5.11 Å². The van der Waals surface area contributed by atoms with Gasteiger partial charge in [-0.05, 0) is 19.9 Å². The molecule has 0 amide bonds. The van der Waals surface area contributed by atoms with Crippen molar-refractivity contribution in [3.63, 3.8) is 0 Å². The maximum Gasteiger partial charge on any atom is 0.196 e. The maximum atomic E-state index is 9.53. The number of nitrogens with zero attached hydrogens (tertiary/aromatic N) is 1. The third kappa shape index (κ3) is 1.66. The minimum Gasteiger partial charge on any atom is -0.363 e. The highest BCUT2D eigenvalue weighted by molar-refractivity contribution is 7.18. The van der Waals surface area contributed by atoms with E-state index in [0.717, 1.165) is 15.4 Å². The molecule has 2 aromatic heterocycles. The standard InChI is InChI=1S/C9H12N2O2S/c1-3-13-9(12)7-4-6-8(11-7)14-5(2)10-6/h4,9,11-12H,3H2,1-2H3. The average Bonchev–Trinajstić information content (AvgIpc) is 2.61. The van der Waals surface area contributed by atoms with E-state index >= 15 is 0 Å². The van der Waals surface area contributed by atoms with Crippen molar-refractivity contribution >= 4 is 21.7 Å². The van der Waals surface area contributed by atoms with Crippen LogP contribution in [-0.2, 0) is 4.74 Å². The van der Waals surface area contributed by atoms with E-state index < -0.39 is 6.29 Å². The molecule has 0 radical (unpaired) electrons. The molecular weight excluding hydrogens is 200 g/mol. The normalized spacial score (nSPS) is 13.6. The van der Waals surface area contributed by atoms with Crippen molar-refractivity contribution in [3.8, 4) is 0 Å². The smallest absolute Gasteiger partial charge is 0.196 e. The lowest BCUT2D eigenvalue weighted by atomic mass is 10.4. The second-order valence-corrected chi connectivity index (χ2v) is 4.18. The molecule has 76 valence electrons. The number of aliphatic hydroxyl groups excluding tert-OH is 1. The lowest BCUT2D eigenvalue weighted by Crippen LogP contribution is -2.02. The first-order chi connectivity index (χ1) is 6.70. The summed E-state index contributed by atoms with van der Waals surface area (Å²) in [6, 6.07) is 1.82. The van der Waals surface area contributed by atoms with Crippen LogP contribution in [0.2, 0.25) is 0 Å². The van der Waals surface area contributed by atoms with Gasteiger partial charge in [0.1, 0.15) is 10.3 Å². The highest BCUT2D eigenvalue weighted by atomic mass is 32.1. The average molecular weight is 212 g/mol. The van der Waals surface area contributed by atoms with Gasteiger partial charge in [0.05, 0.1) is 10.7 Å². The quantitative estimate of drug-likeness (QED) is 0.765. The second kappa shape index (κ2) is 3.68. The monoisotopic (exact) mass is 212 g/mol. The van der Waals surface area contributed by atoms with Crippen molar-refractivity contribution in [1.82, 2.24) is 9.97 Å². The molecule has 2 aromatic rings. The zero-order chi connectivity index (χ0) is 10.1. The van der Waals surface area contributed by atoms with Crippen molar-refractivity contribution in [3.05, 3.63) is 16.8 Å². The summed E-state index contributed by atoms with van der Waals surface area (Å²) in [5.41, 5.74) is 1.56. The lowest BCUT2D eigenvalue weighted by Gasteiger charge is -2.07. The van der Waals surface area contributed by atoms with Gasteiger partial charge in [-0.15, -0.1) is 11.3 Å². The molecule has 0 spiro atoms. The topological polar surface area (TPSA) is 58.1 Å². The van der Waals surface area contributed by atoms with E-state index in [4.69, 9.17) is 4.74 Å². The van der Waals surface area contributed by atoms with Crippen molar-refractivity contribution < 1.29 is 9.84 Å². The van der Waals surface area contributed by atoms with E-state index in [0.29, 0.717) is 12.3 Å². The van der Waals surface area contributed by atoms with E-state index in [-0.39, 0.29) is 0 Å². The van der Waals surface area contributed by atoms with Crippen molar-refractivity contribution in [2.45, 2.75) is 20.1 Å². The number of ether oxygens (including phenoxy) is 1. The Hall–Kier alpha value is -0.910. The summed E-state index contributed by atoms with van der Waals surface area (Å²) in [4.78, 5) is 8.36. The number of hydrogen-bond acceptors (Lipinski definition) is 4. The Morgan fingerprint density at radius 3 is 3.14 bits per heavy atom. The molecule has 0 aliphatic heterocycles. The van der Waals surface area contributed by atoms with Crippen LogP contribution in [0.4, 0.5) is 0 Å². The van der Waals surface area contributed by atoms with Gasteiger partial charge in [0, 0.05) is 6.61 Å². The van der Waals surface area contributed by atoms with E-state index in [2.05, 4.69) is 9.97 Å². The minimum absolute atomic E-state index is 0.486. The predicted molar refractivity (Wildman–Crippen MR) is 55.3 cm³/mol. The van der Waals surface area contributed by atoms with Gasteiger partial charge in [0.2, 0.25) is 0 Å². The van der Waals surface area contributed by atoms with Gasteiger partial charge in [0.15, 0.2) is 6.29 Å². The van der Waals surface area contributed by atoms with Crippen molar-refractivity contribution in [2.24, 2.45) is 0 Å². The van der Waals surface area contributed by atoms with Gasteiger partial charge >= 0.3 is 0 Å². The van der Waals surface area contributed by atoms with Crippen LogP contribution >= 0.6 is 11.3 Å². The van der Waals surface area contributed by atoms with Gasteiger partial charge in [-0.3, -0.25) is 0 Å². The molecular formula is C9H12N2O2S. The van der Waals surface area contributed by atoms with Crippen LogP contribution < -0.4 is 0 Å². The Labute approximate surface area is 85.5 Å². The third-order valence-electron chi connectivity index (χ3n) is 1.90. The number of H-pyrrole nitrogens is 1. The Morgan fingerprint density at radius 1 is 1.71 bits per heavy atom. The number of thiazole rings is 1. The fourth-order valence-electron chi connectivity index (χ4n) is 1.33. The number of aromatic nitrogens is 2. The number of rotatable bonds is 3. The van der Waals surface area contributed by atoms with Crippen LogP contribution in [0.5, 0.6) is 0 Å². The Bertz CT molecular complexity index is 403. The van der Waals surface area contributed by atoms with Crippen LogP contribution in [0.1, 0.15) is 23.9 Å². The molecule has 0 aromatic carbocycles. The molecule has 1 atom stereocenters. The Morgan fingerprint density at radius 2 is 2.50 bits per heavy atom. The van der Waals surface area contributed by atoms with Crippen LogP contribution in [0.3, 0.4) is 0 Å². The molecule has 4 nitrogen and oxygen atoms in total. The molecule has 14 heavy (non-hydrogen) atoms.